The van der Waals surface area contributed by atoms with Gasteiger partial charge in [0, 0.05) is 18.0 Å². The second-order valence-corrected chi connectivity index (χ2v) is 8.36. The number of rotatable bonds is 3. The minimum absolute atomic E-state index is 0.0998. The molecule has 1 aliphatic heterocycles. The fourth-order valence-electron chi connectivity index (χ4n) is 3.38. The van der Waals surface area contributed by atoms with Crippen LogP contribution in [0.2, 0.25) is 0 Å². The number of likely N-dealkylation sites (tertiary alicyclic amines) is 1. The van der Waals surface area contributed by atoms with Crippen molar-refractivity contribution in [3.05, 3.63) is 22.7 Å². The van der Waals surface area contributed by atoms with Crippen molar-refractivity contribution in [1.82, 2.24) is 9.88 Å². The maximum atomic E-state index is 12.6. The van der Waals surface area contributed by atoms with Crippen LogP contribution in [-0.2, 0) is 0 Å². The van der Waals surface area contributed by atoms with E-state index in [-0.39, 0.29) is 5.91 Å². The van der Waals surface area contributed by atoms with Gasteiger partial charge in [-0.25, -0.2) is 0 Å². The Bertz CT molecular complexity index is 641. The Balaban J connectivity index is 1.63. The van der Waals surface area contributed by atoms with Crippen LogP contribution >= 0.6 is 11.3 Å². The predicted octanol–water partition coefficient (Wildman–Crippen LogP) is 3.55. The highest BCUT2D eigenvalue weighted by Crippen LogP contribution is 2.29. The Morgan fingerprint density at radius 3 is 2.68 bits per heavy atom. The number of aryl methyl sites for hydroxylation is 1. The van der Waals surface area contributed by atoms with Crippen LogP contribution in [0.5, 0.6) is 0 Å². The Kier molecular flexibility index (Phi) is 4.03. The van der Waals surface area contributed by atoms with Crippen LogP contribution in [0.4, 0.5) is 0 Å². The summed E-state index contributed by atoms with van der Waals surface area (Å²) in [6, 6.07) is 4.06. The zero-order chi connectivity index (χ0) is 15.9. The number of aromatic amines is 1. The molecule has 120 valence electrons. The number of nitrogens with one attached hydrogen (secondary N) is 1. The molecule has 0 bridgehead atoms. The fourth-order valence-corrected chi connectivity index (χ4v) is 4.30. The zero-order valence-corrected chi connectivity index (χ0v) is 14.3. The highest BCUT2D eigenvalue weighted by Gasteiger charge is 2.28. The van der Waals surface area contributed by atoms with Crippen LogP contribution in [0.15, 0.2) is 12.1 Å². The number of hydrogen-bond acceptors (Lipinski definition) is 3. The highest BCUT2D eigenvalue weighted by molar-refractivity contribution is 7.19. The molecule has 0 unspecified atom stereocenters. The second-order valence-electron chi connectivity index (χ2n) is 7.07. The smallest absolute Gasteiger partial charge is 0.270 e. The third kappa shape index (κ3) is 3.36. The summed E-state index contributed by atoms with van der Waals surface area (Å²) in [7, 11) is 0. The molecule has 2 aromatic heterocycles. The monoisotopic (exact) mass is 320 g/mol. The number of carbonyl (C=O) groups is 1. The van der Waals surface area contributed by atoms with Crippen LogP contribution in [0.25, 0.3) is 10.2 Å². The lowest BCUT2D eigenvalue weighted by atomic mass is 9.86. The lowest BCUT2D eigenvalue weighted by molar-refractivity contribution is 0.0357. The summed E-state index contributed by atoms with van der Waals surface area (Å²) in [5, 5.41) is 9.92. The summed E-state index contributed by atoms with van der Waals surface area (Å²) in [6.45, 7) is 7.36. The first-order chi connectivity index (χ1) is 10.3. The molecule has 1 aliphatic rings. The van der Waals surface area contributed by atoms with E-state index in [4.69, 9.17) is 0 Å². The summed E-state index contributed by atoms with van der Waals surface area (Å²) in [6.07, 6.45) is 2.76. The summed E-state index contributed by atoms with van der Waals surface area (Å²) < 4.78 is 1.15. The molecule has 0 saturated carbocycles. The maximum Gasteiger partial charge on any atom is 0.270 e. The van der Waals surface area contributed by atoms with Gasteiger partial charge in [0.1, 0.15) is 5.69 Å². The average Bonchev–Trinajstić information content (AvgIpc) is 2.94. The van der Waals surface area contributed by atoms with Crippen molar-refractivity contribution in [1.29, 1.82) is 0 Å². The Morgan fingerprint density at radius 1 is 1.41 bits per heavy atom. The molecule has 3 rings (SSSR count). The summed E-state index contributed by atoms with van der Waals surface area (Å²) in [5.41, 5.74) is 1.14. The Labute approximate surface area is 135 Å². The SMILES string of the molecule is Cc1cc2[nH]c(C(=O)N3CCC(CC(C)(C)O)CC3)cc2s1. The predicted molar refractivity (Wildman–Crippen MR) is 90.5 cm³/mol. The Hall–Kier alpha value is -1.33. The van der Waals surface area contributed by atoms with Gasteiger partial charge < -0.3 is 15.0 Å². The van der Waals surface area contributed by atoms with Gasteiger partial charge in [-0.2, -0.15) is 0 Å². The normalized spacial score (nSPS) is 17.4. The summed E-state index contributed by atoms with van der Waals surface area (Å²) in [4.78, 5) is 19.0. The van der Waals surface area contributed by atoms with E-state index in [0.29, 0.717) is 11.6 Å². The minimum atomic E-state index is -0.613. The molecule has 2 aromatic rings. The van der Waals surface area contributed by atoms with Gasteiger partial charge in [-0.15, -0.1) is 11.3 Å². The molecule has 1 amide bonds. The van der Waals surface area contributed by atoms with Crippen LogP contribution in [0.3, 0.4) is 0 Å². The number of nitrogens with zero attached hydrogens (tertiary/aromatic N) is 1. The number of hydrogen-bond donors (Lipinski definition) is 2. The van der Waals surface area contributed by atoms with E-state index in [2.05, 4.69) is 18.0 Å². The lowest BCUT2D eigenvalue weighted by Crippen LogP contribution is -2.40. The molecular formula is C17H24N2O2S. The molecule has 3 heterocycles. The molecule has 0 spiro atoms. The van der Waals surface area contributed by atoms with Crippen molar-refractivity contribution < 1.29 is 9.90 Å². The zero-order valence-electron chi connectivity index (χ0n) is 13.5. The molecule has 0 aliphatic carbocycles. The lowest BCUT2D eigenvalue weighted by Gasteiger charge is -2.34. The van der Waals surface area contributed by atoms with Crippen LogP contribution in [-0.4, -0.2) is 39.6 Å². The number of H-pyrrole nitrogens is 1. The molecule has 22 heavy (non-hydrogen) atoms. The molecular weight excluding hydrogens is 296 g/mol. The maximum absolute atomic E-state index is 12.6. The van der Waals surface area contributed by atoms with Gasteiger partial charge in [0.2, 0.25) is 0 Å². The standard InChI is InChI=1S/C17H24N2O2S/c1-11-8-13-15(22-11)9-14(18-13)16(20)19-6-4-12(5-7-19)10-17(2,3)21/h8-9,12,18,21H,4-7,10H2,1-3H3. The number of piperidine rings is 1. The van der Waals surface area contributed by atoms with E-state index in [1.165, 1.54) is 4.88 Å². The van der Waals surface area contributed by atoms with E-state index < -0.39 is 5.60 Å². The third-order valence-corrected chi connectivity index (χ3v) is 5.35. The van der Waals surface area contributed by atoms with E-state index in [1.54, 1.807) is 11.3 Å². The largest absolute Gasteiger partial charge is 0.390 e. The molecule has 4 nitrogen and oxygen atoms in total. The first kappa shape index (κ1) is 15.6. The van der Waals surface area contributed by atoms with Crippen molar-refractivity contribution in [2.75, 3.05) is 13.1 Å². The number of fused-ring (bicyclic) bond motifs is 1. The number of amides is 1. The van der Waals surface area contributed by atoms with Crippen LogP contribution < -0.4 is 0 Å². The van der Waals surface area contributed by atoms with Gasteiger partial charge in [0.25, 0.3) is 5.91 Å². The molecule has 1 fully saturated rings. The van der Waals surface area contributed by atoms with Crippen LogP contribution in [0, 0.1) is 12.8 Å². The molecule has 0 atom stereocenters. The van der Waals surface area contributed by atoms with Crippen molar-refractivity contribution in [2.45, 2.75) is 45.6 Å². The van der Waals surface area contributed by atoms with Gasteiger partial charge in [-0.3, -0.25) is 4.79 Å². The molecule has 5 heteroatoms. The van der Waals surface area contributed by atoms with E-state index in [9.17, 15) is 9.90 Å². The number of aliphatic hydroxyl groups is 1. The summed E-state index contributed by atoms with van der Waals surface area (Å²) in [5.74, 6) is 0.613. The molecule has 2 N–H and O–H groups in total. The van der Waals surface area contributed by atoms with Gasteiger partial charge >= 0.3 is 0 Å². The summed E-state index contributed by atoms with van der Waals surface area (Å²) >= 11 is 1.71. The van der Waals surface area contributed by atoms with Gasteiger partial charge in [-0.1, -0.05) is 0 Å². The highest BCUT2D eigenvalue weighted by atomic mass is 32.1. The second kappa shape index (κ2) is 5.70. The molecule has 0 radical (unpaired) electrons. The van der Waals surface area contributed by atoms with E-state index in [0.717, 1.165) is 42.6 Å². The minimum Gasteiger partial charge on any atom is -0.390 e. The quantitative estimate of drug-likeness (QED) is 0.908. The number of aromatic nitrogens is 1. The fraction of sp³-hybridized carbons (Fsp3) is 0.588. The van der Waals surface area contributed by atoms with Crippen molar-refractivity contribution in [2.24, 2.45) is 5.92 Å². The van der Waals surface area contributed by atoms with Gasteiger partial charge in [-0.05, 0) is 58.1 Å². The van der Waals surface area contributed by atoms with Crippen molar-refractivity contribution >= 4 is 27.5 Å². The topological polar surface area (TPSA) is 56.3 Å². The Morgan fingerprint density at radius 2 is 2.09 bits per heavy atom. The average molecular weight is 320 g/mol. The van der Waals surface area contributed by atoms with Crippen LogP contribution in [0.1, 0.15) is 48.5 Å². The number of carbonyl (C=O) groups excluding carboxylic acids is 1. The number of thiophene rings is 1. The van der Waals surface area contributed by atoms with E-state index >= 15 is 0 Å². The first-order valence-corrected chi connectivity index (χ1v) is 8.74. The molecule has 0 aromatic carbocycles. The molecule has 1 saturated heterocycles. The van der Waals surface area contributed by atoms with Crippen molar-refractivity contribution in [3.8, 4) is 0 Å². The van der Waals surface area contributed by atoms with Crippen molar-refractivity contribution in [3.63, 3.8) is 0 Å². The van der Waals surface area contributed by atoms with Gasteiger partial charge in [0.05, 0.1) is 15.8 Å². The van der Waals surface area contributed by atoms with E-state index in [1.807, 2.05) is 24.8 Å². The van der Waals surface area contributed by atoms with Gasteiger partial charge in [0.15, 0.2) is 0 Å². The third-order valence-electron chi connectivity index (χ3n) is 4.35. The first-order valence-electron chi connectivity index (χ1n) is 7.93.